The zero-order valence-electron chi connectivity index (χ0n) is 20.3. The van der Waals surface area contributed by atoms with Crippen molar-refractivity contribution in [2.24, 2.45) is 0 Å². The highest BCUT2D eigenvalue weighted by atomic mass is 16.2. The SMILES string of the molecule is CCN(CC)C(=O)c1ccc([C@@H](c2cccc(NCc3ccccc3)c2)N2CCNCC2)cc1. The summed E-state index contributed by atoms with van der Waals surface area (Å²) in [6.07, 6.45) is 0. The summed E-state index contributed by atoms with van der Waals surface area (Å²) in [4.78, 5) is 17.2. The standard InChI is InChI=1S/C29H36N4O/c1-3-32(4-2)29(34)25-15-13-24(14-16-25)28(33-19-17-30-18-20-33)26-11-8-12-27(21-26)31-22-23-9-6-5-7-10-23/h5-16,21,28,30-31H,3-4,17-20,22H2,1-2H3/t28-/m0/s1. The molecule has 4 rings (SSSR count). The van der Waals surface area contributed by atoms with E-state index < -0.39 is 0 Å². The Kier molecular flexibility index (Phi) is 8.34. The van der Waals surface area contributed by atoms with Crippen molar-refractivity contribution in [1.29, 1.82) is 0 Å². The fourth-order valence-electron chi connectivity index (χ4n) is 4.67. The van der Waals surface area contributed by atoms with Gasteiger partial charge in [-0.3, -0.25) is 9.69 Å². The van der Waals surface area contributed by atoms with Crippen LogP contribution in [0.1, 0.15) is 46.9 Å². The van der Waals surface area contributed by atoms with E-state index in [9.17, 15) is 4.79 Å². The van der Waals surface area contributed by atoms with E-state index in [0.29, 0.717) is 0 Å². The van der Waals surface area contributed by atoms with Gasteiger partial charge in [-0.1, -0.05) is 54.6 Å². The van der Waals surface area contributed by atoms with Crippen LogP contribution >= 0.6 is 0 Å². The molecule has 0 radical (unpaired) electrons. The van der Waals surface area contributed by atoms with Crippen LogP contribution in [0.4, 0.5) is 5.69 Å². The molecule has 5 nitrogen and oxygen atoms in total. The van der Waals surface area contributed by atoms with Crippen molar-refractivity contribution in [3.8, 4) is 0 Å². The molecule has 34 heavy (non-hydrogen) atoms. The van der Waals surface area contributed by atoms with Crippen LogP contribution in [0, 0.1) is 0 Å². The van der Waals surface area contributed by atoms with Crippen molar-refractivity contribution in [3.63, 3.8) is 0 Å². The average Bonchev–Trinajstić information content (AvgIpc) is 2.90. The maximum atomic E-state index is 12.8. The van der Waals surface area contributed by atoms with Gasteiger partial charge in [-0.2, -0.15) is 0 Å². The van der Waals surface area contributed by atoms with E-state index in [1.165, 1.54) is 16.7 Å². The Morgan fingerprint density at radius 2 is 1.62 bits per heavy atom. The van der Waals surface area contributed by atoms with Crippen LogP contribution < -0.4 is 10.6 Å². The maximum Gasteiger partial charge on any atom is 0.253 e. The molecule has 2 N–H and O–H groups in total. The van der Waals surface area contributed by atoms with Crippen LogP contribution in [-0.2, 0) is 6.54 Å². The number of hydrogen-bond acceptors (Lipinski definition) is 4. The molecule has 1 atom stereocenters. The Bertz CT molecular complexity index is 1040. The fraction of sp³-hybridized carbons (Fsp3) is 0.345. The normalized spacial score (nSPS) is 15.0. The van der Waals surface area contributed by atoms with Gasteiger partial charge < -0.3 is 15.5 Å². The molecule has 1 heterocycles. The molecule has 1 fully saturated rings. The van der Waals surface area contributed by atoms with Crippen LogP contribution in [-0.4, -0.2) is 55.0 Å². The number of hydrogen-bond donors (Lipinski definition) is 2. The van der Waals surface area contributed by atoms with Gasteiger partial charge in [0, 0.05) is 57.1 Å². The van der Waals surface area contributed by atoms with Crippen LogP contribution in [0.25, 0.3) is 0 Å². The highest BCUT2D eigenvalue weighted by Gasteiger charge is 2.24. The lowest BCUT2D eigenvalue weighted by Crippen LogP contribution is -2.45. The van der Waals surface area contributed by atoms with Crippen LogP contribution in [0.15, 0.2) is 78.9 Å². The van der Waals surface area contributed by atoms with Gasteiger partial charge in [0.05, 0.1) is 6.04 Å². The summed E-state index contributed by atoms with van der Waals surface area (Å²) in [6, 6.07) is 27.6. The highest BCUT2D eigenvalue weighted by molar-refractivity contribution is 5.94. The van der Waals surface area contributed by atoms with Crippen molar-refractivity contribution in [2.75, 3.05) is 44.6 Å². The Labute approximate surface area is 203 Å². The van der Waals surface area contributed by atoms with Gasteiger partial charge >= 0.3 is 0 Å². The summed E-state index contributed by atoms with van der Waals surface area (Å²) in [5.41, 5.74) is 5.63. The van der Waals surface area contributed by atoms with Crippen LogP contribution in [0.3, 0.4) is 0 Å². The fourth-order valence-corrected chi connectivity index (χ4v) is 4.67. The number of piperazine rings is 1. The number of nitrogens with zero attached hydrogens (tertiary/aromatic N) is 2. The van der Waals surface area contributed by atoms with Gasteiger partial charge in [-0.25, -0.2) is 0 Å². The molecule has 1 saturated heterocycles. The van der Waals surface area contributed by atoms with E-state index in [4.69, 9.17) is 0 Å². The lowest BCUT2D eigenvalue weighted by molar-refractivity contribution is 0.0773. The van der Waals surface area contributed by atoms with E-state index in [-0.39, 0.29) is 11.9 Å². The second-order valence-electron chi connectivity index (χ2n) is 8.75. The lowest BCUT2D eigenvalue weighted by atomic mass is 9.95. The topological polar surface area (TPSA) is 47.6 Å². The van der Waals surface area contributed by atoms with Crippen molar-refractivity contribution >= 4 is 11.6 Å². The number of carbonyl (C=O) groups is 1. The van der Waals surface area contributed by atoms with E-state index in [0.717, 1.165) is 57.1 Å². The first-order chi connectivity index (χ1) is 16.7. The molecule has 3 aromatic carbocycles. The second-order valence-corrected chi connectivity index (χ2v) is 8.75. The Balaban J connectivity index is 1.59. The molecule has 1 aliphatic rings. The maximum absolute atomic E-state index is 12.8. The van der Waals surface area contributed by atoms with Gasteiger partial charge in [0.25, 0.3) is 5.91 Å². The van der Waals surface area contributed by atoms with Gasteiger partial charge in [0.15, 0.2) is 0 Å². The first-order valence-corrected chi connectivity index (χ1v) is 12.4. The zero-order valence-corrected chi connectivity index (χ0v) is 20.3. The average molecular weight is 457 g/mol. The number of rotatable bonds is 9. The monoisotopic (exact) mass is 456 g/mol. The first kappa shape index (κ1) is 24.0. The molecule has 0 spiro atoms. The molecule has 0 unspecified atom stereocenters. The summed E-state index contributed by atoms with van der Waals surface area (Å²) in [5, 5.41) is 7.05. The number of amides is 1. The minimum Gasteiger partial charge on any atom is -0.381 e. The second kappa shape index (κ2) is 11.8. The Hall–Kier alpha value is -3.15. The molecule has 178 valence electrons. The molecule has 0 saturated carbocycles. The molecule has 1 aliphatic heterocycles. The molecule has 5 heteroatoms. The molecule has 3 aromatic rings. The van der Waals surface area contributed by atoms with E-state index >= 15 is 0 Å². The molecule has 1 amide bonds. The minimum atomic E-state index is 0.0994. The summed E-state index contributed by atoms with van der Waals surface area (Å²) in [6.45, 7) is 10.3. The van der Waals surface area contributed by atoms with E-state index in [1.807, 2.05) is 36.9 Å². The largest absolute Gasteiger partial charge is 0.381 e. The Morgan fingerprint density at radius 3 is 2.29 bits per heavy atom. The van der Waals surface area contributed by atoms with Crippen molar-refractivity contribution in [1.82, 2.24) is 15.1 Å². The third-order valence-corrected chi connectivity index (χ3v) is 6.58. The molecule has 0 bridgehead atoms. The van der Waals surface area contributed by atoms with Gasteiger partial charge in [-0.05, 0) is 54.8 Å². The predicted octanol–water partition coefficient (Wildman–Crippen LogP) is 4.78. The third-order valence-electron chi connectivity index (χ3n) is 6.58. The van der Waals surface area contributed by atoms with Crippen molar-refractivity contribution < 1.29 is 4.79 Å². The smallest absolute Gasteiger partial charge is 0.253 e. The molecule has 0 aliphatic carbocycles. The predicted molar refractivity (Wildman–Crippen MR) is 140 cm³/mol. The van der Waals surface area contributed by atoms with Gasteiger partial charge in [-0.15, -0.1) is 0 Å². The zero-order chi connectivity index (χ0) is 23.8. The number of nitrogens with one attached hydrogen (secondary N) is 2. The quantitative estimate of drug-likeness (QED) is 0.487. The molecule has 0 aromatic heterocycles. The van der Waals surface area contributed by atoms with Gasteiger partial charge in [0.2, 0.25) is 0 Å². The minimum absolute atomic E-state index is 0.0994. The van der Waals surface area contributed by atoms with Crippen LogP contribution in [0.5, 0.6) is 0 Å². The number of anilines is 1. The van der Waals surface area contributed by atoms with Gasteiger partial charge in [0.1, 0.15) is 0 Å². The van der Waals surface area contributed by atoms with Crippen molar-refractivity contribution in [2.45, 2.75) is 26.4 Å². The van der Waals surface area contributed by atoms with E-state index in [2.05, 4.69) is 76.2 Å². The highest BCUT2D eigenvalue weighted by Crippen LogP contribution is 2.31. The molecular weight excluding hydrogens is 420 g/mol. The summed E-state index contributed by atoms with van der Waals surface area (Å²) in [7, 11) is 0. The number of benzene rings is 3. The lowest BCUT2D eigenvalue weighted by Gasteiger charge is -2.36. The summed E-state index contributed by atoms with van der Waals surface area (Å²) in [5.74, 6) is 0.0994. The van der Waals surface area contributed by atoms with Crippen molar-refractivity contribution in [3.05, 3.63) is 101 Å². The number of carbonyl (C=O) groups excluding carboxylic acids is 1. The molecular formula is C29H36N4O. The summed E-state index contributed by atoms with van der Waals surface area (Å²) >= 11 is 0. The Morgan fingerprint density at radius 1 is 0.912 bits per heavy atom. The van der Waals surface area contributed by atoms with Crippen LogP contribution in [0.2, 0.25) is 0 Å². The summed E-state index contributed by atoms with van der Waals surface area (Å²) < 4.78 is 0. The first-order valence-electron chi connectivity index (χ1n) is 12.4. The van der Waals surface area contributed by atoms with E-state index in [1.54, 1.807) is 0 Å². The third kappa shape index (κ3) is 5.85.